The summed E-state index contributed by atoms with van der Waals surface area (Å²) >= 11 is 1.40. The van der Waals surface area contributed by atoms with Crippen molar-refractivity contribution < 1.29 is 9.34 Å². The minimum Gasteiger partial charge on any atom is -0.405 e. The van der Waals surface area contributed by atoms with Gasteiger partial charge in [0.25, 0.3) is 0 Å². The van der Waals surface area contributed by atoms with Gasteiger partial charge in [0, 0.05) is 13.1 Å². The monoisotopic (exact) mass is 283 g/mol. The zero-order chi connectivity index (χ0) is 13.8. The number of hydrogen-bond acceptors (Lipinski definition) is 7. The fourth-order valence-electron chi connectivity index (χ4n) is 1.53. The number of aryl methyl sites for hydroxylation is 1. The highest BCUT2D eigenvalue weighted by atomic mass is 32.2. The number of furan rings is 1. The van der Waals surface area contributed by atoms with E-state index < -0.39 is 4.92 Å². The van der Waals surface area contributed by atoms with Crippen molar-refractivity contribution in [2.24, 2.45) is 5.73 Å². The quantitative estimate of drug-likeness (QED) is 0.483. The largest absolute Gasteiger partial charge is 0.433 e. The lowest BCUT2D eigenvalue weighted by atomic mass is 10.5. The Kier molecular flexibility index (Phi) is 4.17. The second-order valence-corrected chi connectivity index (χ2v) is 4.70. The zero-order valence-corrected chi connectivity index (χ0v) is 11.1. The van der Waals surface area contributed by atoms with Gasteiger partial charge >= 0.3 is 5.88 Å². The van der Waals surface area contributed by atoms with Crippen LogP contribution in [-0.2, 0) is 12.3 Å². The molecule has 19 heavy (non-hydrogen) atoms. The molecule has 2 N–H and O–H groups in total. The fraction of sp³-hybridized carbons (Fsp3) is 0.400. The zero-order valence-electron chi connectivity index (χ0n) is 10.3. The Morgan fingerprint density at radius 1 is 1.53 bits per heavy atom. The average Bonchev–Trinajstić information content (AvgIpc) is 2.96. The molecule has 0 saturated heterocycles. The summed E-state index contributed by atoms with van der Waals surface area (Å²) in [5.41, 5.74) is 5.52. The van der Waals surface area contributed by atoms with Crippen LogP contribution in [0.1, 0.15) is 11.6 Å². The topological polar surface area (TPSA) is 113 Å². The number of nitro groups is 1. The van der Waals surface area contributed by atoms with E-state index in [1.807, 2.05) is 11.5 Å². The molecule has 0 aliphatic carbocycles. The van der Waals surface area contributed by atoms with Gasteiger partial charge in [-0.25, -0.2) is 0 Å². The van der Waals surface area contributed by atoms with Gasteiger partial charge in [-0.05, 0) is 13.0 Å². The van der Waals surface area contributed by atoms with Crippen LogP contribution in [0.25, 0.3) is 0 Å². The van der Waals surface area contributed by atoms with Gasteiger partial charge in [-0.3, -0.25) is 10.1 Å². The molecule has 2 rings (SSSR count). The first kappa shape index (κ1) is 13.6. The Labute approximate surface area is 113 Å². The lowest BCUT2D eigenvalue weighted by Crippen LogP contribution is -2.12. The van der Waals surface area contributed by atoms with Crippen LogP contribution in [0.5, 0.6) is 0 Å². The van der Waals surface area contributed by atoms with Crippen LogP contribution >= 0.6 is 11.8 Å². The maximum Gasteiger partial charge on any atom is 0.433 e. The molecule has 2 aromatic heterocycles. The summed E-state index contributed by atoms with van der Waals surface area (Å²) in [5.74, 6) is 1.52. The van der Waals surface area contributed by atoms with Crippen molar-refractivity contribution in [3.63, 3.8) is 0 Å². The van der Waals surface area contributed by atoms with E-state index in [1.54, 1.807) is 6.07 Å². The van der Waals surface area contributed by atoms with E-state index >= 15 is 0 Å². The Hall–Kier alpha value is -1.87. The minimum atomic E-state index is -0.560. The van der Waals surface area contributed by atoms with E-state index in [0.29, 0.717) is 24.6 Å². The van der Waals surface area contributed by atoms with E-state index in [4.69, 9.17) is 10.2 Å². The molecule has 0 spiro atoms. The highest BCUT2D eigenvalue weighted by Gasteiger charge is 2.14. The Morgan fingerprint density at radius 3 is 2.95 bits per heavy atom. The predicted molar refractivity (Wildman–Crippen MR) is 68.7 cm³/mol. The van der Waals surface area contributed by atoms with Gasteiger partial charge in [0.1, 0.15) is 16.5 Å². The number of hydrogen-bond donors (Lipinski definition) is 1. The molecule has 0 aromatic carbocycles. The predicted octanol–water partition coefficient (Wildman–Crippen LogP) is 1.34. The molecule has 9 heteroatoms. The summed E-state index contributed by atoms with van der Waals surface area (Å²) in [5, 5.41) is 19.2. The molecule has 0 amide bonds. The van der Waals surface area contributed by atoms with Crippen molar-refractivity contribution in [1.82, 2.24) is 14.8 Å². The normalized spacial score (nSPS) is 10.8. The van der Waals surface area contributed by atoms with Gasteiger partial charge in [0.15, 0.2) is 5.16 Å². The summed E-state index contributed by atoms with van der Waals surface area (Å²) in [6.45, 7) is 2.99. The average molecular weight is 283 g/mol. The number of nitrogens with two attached hydrogens (primary N) is 1. The van der Waals surface area contributed by atoms with Crippen molar-refractivity contribution in [2.75, 3.05) is 6.54 Å². The van der Waals surface area contributed by atoms with E-state index in [1.165, 1.54) is 17.8 Å². The molecule has 0 saturated carbocycles. The molecule has 0 radical (unpaired) electrons. The van der Waals surface area contributed by atoms with Crippen molar-refractivity contribution in [3.8, 4) is 0 Å². The lowest BCUT2D eigenvalue weighted by molar-refractivity contribution is -0.402. The van der Waals surface area contributed by atoms with E-state index in [2.05, 4.69) is 10.2 Å². The molecule has 0 bridgehead atoms. The number of thioether (sulfide) groups is 1. The van der Waals surface area contributed by atoms with Gasteiger partial charge in [0.05, 0.1) is 11.8 Å². The first-order valence-corrected chi connectivity index (χ1v) is 6.56. The van der Waals surface area contributed by atoms with Crippen LogP contribution < -0.4 is 5.73 Å². The van der Waals surface area contributed by atoms with Crippen LogP contribution in [0.3, 0.4) is 0 Å². The second kappa shape index (κ2) is 5.85. The summed E-state index contributed by atoms with van der Waals surface area (Å²) < 4.78 is 6.98. The SMILES string of the molecule is Cc1nnc(SCc2ccc([N+](=O)[O-])o2)n1CCN. The molecule has 0 unspecified atom stereocenters. The smallest absolute Gasteiger partial charge is 0.405 e. The summed E-state index contributed by atoms with van der Waals surface area (Å²) in [7, 11) is 0. The van der Waals surface area contributed by atoms with Crippen LogP contribution in [-0.4, -0.2) is 26.2 Å². The maximum absolute atomic E-state index is 10.5. The van der Waals surface area contributed by atoms with Gasteiger partial charge in [0.2, 0.25) is 0 Å². The van der Waals surface area contributed by atoms with Crippen molar-refractivity contribution in [2.45, 2.75) is 24.4 Å². The van der Waals surface area contributed by atoms with E-state index in [-0.39, 0.29) is 5.88 Å². The summed E-state index contributed by atoms with van der Waals surface area (Å²) in [6.07, 6.45) is 0. The highest BCUT2D eigenvalue weighted by Crippen LogP contribution is 2.24. The Morgan fingerprint density at radius 2 is 2.32 bits per heavy atom. The second-order valence-electron chi connectivity index (χ2n) is 3.76. The third-order valence-electron chi connectivity index (χ3n) is 2.43. The van der Waals surface area contributed by atoms with Crippen molar-refractivity contribution in [1.29, 1.82) is 0 Å². The third kappa shape index (κ3) is 3.12. The highest BCUT2D eigenvalue weighted by molar-refractivity contribution is 7.98. The molecule has 2 heterocycles. The fourth-order valence-corrected chi connectivity index (χ4v) is 2.44. The Balaban J connectivity index is 2.03. The molecule has 2 aromatic rings. The number of rotatable bonds is 6. The minimum absolute atomic E-state index is 0.254. The van der Waals surface area contributed by atoms with Crippen molar-refractivity contribution in [3.05, 3.63) is 33.8 Å². The third-order valence-corrected chi connectivity index (χ3v) is 3.41. The first-order valence-electron chi connectivity index (χ1n) is 5.57. The van der Waals surface area contributed by atoms with Gasteiger partial charge in [-0.1, -0.05) is 11.8 Å². The maximum atomic E-state index is 10.5. The Bertz CT molecular complexity index is 579. The summed E-state index contributed by atoms with van der Waals surface area (Å²) in [6, 6.07) is 2.92. The van der Waals surface area contributed by atoms with Crippen LogP contribution in [0, 0.1) is 17.0 Å². The van der Waals surface area contributed by atoms with E-state index in [9.17, 15) is 10.1 Å². The molecular weight excluding hydrogens is 270 g/mol. The summed E-state index contributed by atoms with van der Waals surface area (Å²) in [4.78, 5) is 9.94. The number of nitrogens with zero attached hydrogens (tertiary/aromatic N) is 4. The molecule has 0 fully saturated rings. The number of aromatic nitrogens is 3. The van der Waals surface area contributed by atoms with Crippen LogP contribution in [0.4, 0.5) is 5.88 Å². The standard InChI is InChI=1S/C10H13N5O3S/c1-7-12-13-10(14(7)5-4-11)19-6-8-2-3-9(18-8)15(16)17/h2-3H,4-6,11H2,1H3. The van der Waals surface area contributed by atoms with Crippen molar-refractivity contribution >= 4 is 17.6 Å². The molecule has 102 valence electrons. The molecular formula is C10H13N5O3S. The van der Waals surface area contributed by atoms with Gasteiger partial charge in [-0.2, -0.15) is 0 Å². The lowest BCUT2D eigenvalue weighted by Gasteiger charge is -2.05. The first-order chi connectivity index (χ1) is 9.11. The van der Waals surface area contributed by atoms with Gasteiger partial charge in [-0.15, -0.1) is 10.2 Å². The van der Waals surface area contributed by atoms with Crippen LogP contribution in [0.2, 0.25) is 0 Å². The molecule has 0 atom stereocenters. The molecule has 8 nitrogen and oxygen atoms in total. The van der Waals surface area contributed by atoms with Crippen LogP contribution in [0.15, 0.2) is 21.7 Å². The molecule has 0 aliphatic rings. The van der Waals surface area contributed by atoms with Gasteiger partial charge < -0.3 is 14.7 Å². The molecule has 0 aliphatic heterocycles. The van der Waals surface area contributed by atoms with E-state index in [0.717, 1.165) is 11.0 Å².